The smallest absolute Gasteiger partial charge is 0.303 e. The van der Waals surface area contributed by atoms with E-state index < -0.39 is 53.5 Å². The van der Waals surface area contributed by atoms with Crippen molar-refractivity contribution in [3.05, 3.63) is 29.3 Å². The molecule has 0 aliphatic carbocycles. The lowest BCUT2D eigenvalue weighted by Crippen LogP contribution is -2.58. The Morgan fingerprint density at radius 1 is 0.844 bits per heavy atom. The fourth-order valence-electron chi connectivity index (χ4n) is 3.14. The van der Waals surface area contributed by atoms with E-state index in [4.69, 9.17) is 35.3 Å². The number of halogens is 1. The number of esters is 4. The van der Waals surface area contributed by atoms with Crippen LogP contribution in [0.25, 0.3) is 0 Å². The van der Waals surface area contributed by atoms with E-state index in [1.807, 2.05) is 0 Å². The highest BCUT2D eigenvalue weighted by molar-refractivity contribution is 7.99. The molecule has 1 aliphatic heterocycles. The van der Waals surface area contributed by atoms with Gasteiger partial charge in [-0.15, -0.1) is 0 Å². The van der Waals surface area contributed by atoms with Gasteiger partial charge in [0, 0.05) is 37.6 Å². The lowest BCUT2D eigenvalue weighted by molar-refractivity contribution is -0.221. The first-order valence-corrected chi connectivity index (χ1v) is 11.0. The number of thioether (sulfide) groups is 1. The van der Waals surface area contributed by atoms with Crippen molar-refractivity contribution in [3.8, 4) is 0 Å². The molecule has 1 saturated heterocycles. The molecule has 11 heteroatoms. The average molecular weight is 489 g/mol. The Labute approximate surface area is 195 Å². The molecule has 0 unspecified atom stereocenters. The zero-order valence-electron chi connectivity index (χ0n) is 18.1. The van der Waals surface area contributed by atoms with Crippen LogP contribution in [0, 0.1) is 5.92 Å². The minimum atomic E-state index is -1.02. The minimum absolute atomic E-state index is 0.177. The van der Waals surface area contributed by atoms with Crippen LogP contribution in [0.5, 0.6) is 0 Å². The van der Waals surface area contributed by atoms with Gasteiger partial charge >= 0.3 is 23.9 Å². The number of rotatable bonds is 8. The van der Waals surface area contributed by atoms with Crippen LogP contribution in [0.2, 0.25) is 5.02 Å². The molecule has 32 heavy (non-hydrogen) atoms. The first-order chi connectivity index (χ1) is 15.1. The van der Waals surface area contributed by atoms with Crippen LogP contribution in [-0.2, 0) is 42.9 Å². The summed E-state index contributed by atoms with van der Waals surface area (Å²) in [6.07, 6.45) is -2.85. The standard InChI is InChI=1S/C21H25ClO9S/c1-11(23)27-9-17-18(10-28-12(2)24)31-21(32-16-7-5-15(22)6-8-16)20(30-14(4)26)19(17)29-13(3)25/h5-8,17-21H,9-10H2,1-4H3/t17-,18+,19+,20+,21+/m1/s1. The van der Waals surface area contributed by atoms with E-state index in [1.54, 1.807) is 24.3 Å². The highest BCUT2D eigenvalue weighted by atomic mass is 35.5. The Kier molecular flexibility index (Phi) is 9.80. The maximum absolute atomic E-state index is 11.9. The molecule has 0 aromatic heterocycles. The lowest BCUT2D eigenvalue weighted by Gasteiger charge is -2.44. The second-order valence-electron chi connectivity index (χ2n) is 7.03. The van der Waals surface area contributed by atoms with E-state index in [0.29, 0.717) is 5.02 Å². The average Bonchev–Trinajstić information content (AvgIpc) is 2.69. The molecule has 176 valence electrons. The molecule has 0 spiro atoms. The van der Waals surface area contributed by atoms with Gasteiger partial charge in [-0.1, -0.05) is 23.4 Å². The highest BCUT2D eigenvalue weighted by Gasteiger charge is 2.51. The van der Waals surface area contributed by atoms with E-state index in [1.165, 1.54) is 39.5 Å². The molecular weight excluding hydrogens is 464 g/mol. The van der Waals surface area contributed by atoms with Gasteiger partial charge in [-0.2, -0.15) is 0 Å². The van der Waals surface area contributed by atoms with Gasteiger partial charge in [0.1, 0.15) is 24.8 Å². The van der Waals surface area contributed by atoms with E-state index in [-0.39, 0.29) is 13.2 Å². The van der Waals surface area contributed by atoms with E-state index in [0.717, 1.165) is 4.90 Å². The van der Waals surface area contributed by atoms with Gasteiger partial charge < -0.3 is 23.7 Å². The summed E-state index contributed by atoms with van der Waals surface area (Å²) >= 11 is 7.17. The van der Waals surface area contributed by atoms with Crippen LogP contribution in [-0.4, -0.2) is 60.8 Å². The molecule has 0 bridgehead atoms. The van der Waals surface area contributed by atoms with E-state index in [9.17, 15) is 19.2 Å². The summed E-state index contributed by atoms with van der Waals surface area (Å²) in [6.45, 7) is 4.54. The molecule has 0 radical (unpaired) electrons. The Morgan fingerprint density at radius 2 is 1.38 bits per heavy atom. The fourth-order valence-corrected chi connectivity index (χ4v) is 4.37. The molecule has 1 aliphatic rings. The van der Waals surface area contributed by atoms with Gasteiger partial charge in [-0.25, -0.2) is 0 Å². The van der Waals surface area contributed by atoms with Crippen molar-refractivity contribution in [3.63, 3.8) is 0 Å². The molecule has 1 fully saturated rings. The molecule has 9 nitrogen and oxygen atoms in total. The van der Waals surface area contributed by atoms with E-state index in [2.05, 4.69) is 0 Å². The first-order valence-electron chi connectivity index (χ1n) is 9.75. The Bertz CT molecular complexity index is 829. The molecular formula is C21H25ClO9S. The van der Waals surface area contributed by atoms with Crippen LogP contribution >= 0.6 is 23.4 Å². The summed E-state index contributed by atoms with van der Waals surface area (Å²) in [6, 6.07) is 6.90. The van der Waals surface area contributed by atoms with Crippen molar-refractivity contribution in [1.82, 2.24) is 0 Å². The van der Waals surface area contributed by atoms with Crippen molar-refractivity contribution in [2.45, 2.75) is 56.3 Å². The number of ether oxygens (including phenoxy) is 5. The molecule has 5 atom stereocenters. The van der Waals surface area contributed by atoms with Crippen LogP contribution in [0.3, 0.4) is 0 Å². The lowest BCUT2D eigenvalue weighted by atomic mass is 9.90. The third-order valence-electron chi connectivity index (χ3n) is 4.40. The second kappa shape index (κ2) is 12.1. The SMILES string of the molecule is CC(=O)OC[C@H]1[C@H](OC(C)=O)[C@H](OC(C)=O)[C@H](Sc2ccc(Cl)cc2)O[C@H]1COC(C)=O. The number of carbonyl (C=O) groups is 4. The van der Waals surface area contributed by atoms with E-state index >= 15 is 0 Å². The normalized spacial score (nSPS) is 24.8. The van der Waals surface area contributed by atoms with Gasteiger partial charge in [-0.05, 0) is 24.3 Å². The predicted octanol–water partition coefficient (Wildman–Crippen LogP) is 2.76. The van der Waals surface area contributed by atoms with Crippen LogP contribution < -0.4 is 0 Å². The summed E-state index contributed by atoms with van der Waals surface area (Å²) in [5.41, 5.74) is -0.821. The number of hydrogen-bond donors (Lipinski definition) is 0. The van der Waals surface area contributed by atoms with Crippen LogP contribution in [0.1, 0.15) is 27.7 Å². The highest BCUT2D eigenvalue weighted by Crippen LogP contribution is 2.39. The monoisotopic (exact) mass is 488 g/mol. The van der Waals surface area contributed by atoms with Crippen molar-refractivity contribution in [1.29, 1.82) is 0 Å². The van der Waals surface area contributed by atoms with Crippen molar-refractivity contribution in [2.24, 2.45) is 5.92 Å². The molecule has 2 rings (SSSR count). The van der Waals surface area contributed by atoms with Gasteiger partial charge in [0.25, 0.3) is 0 Å². The zero-order chi connectivity index (χ0) is 23.8. The largest absolute Gasteiger partial charge is 0.465 e. The molecule has 0 N–H and O–H groups in total. The second-order valence-corrected chi connectivity index (χ2v) is 8.64. The minimum Gasteiger partial charge on any atom is -0.465 e. The maximum Gasteiger partial charge on any atom is 0.303 e. The number of hydrogen-bond acceptors (Lipinski definition) is 10. The summed E-state index contributed by atoms with van der Waals surface area (Å²) < 4.78 is 27.4. The Hall–Kier alpha value is -2.30. The van der Waals surface area contributed by atoms with Crippen molar-refractivity contribution >= 4 is 47.2 Å². The van der Waals surface area contributed by atoms with Gasteiger partial charge in [0.05, 0.1) is 5.92 Å². The molecule has 0 amide bonds. The summed E-state index contributed by atoms with van der Waals surface area (Å²) in [5.74, 6) is -3.08. The zero-order valence-corrected chi connectivity index (χ0v) is 19.6. The topological polar surface area (TPSA) is 114 Å². The summed E-state index contributed by atoms with van der Waals surface area (Å²) in [4.78, 5) is 47.3. The predicted molar refractivity (Wildman–Crippen MR) is 114 cm³/mol. The Morgan fingerprint density at radius 3 is 1.91 bits per heavy atom. The first kappa shape index (κ1) is 26.0. The number of benzene rings is 1. The quantitative estimate of drug-likeness (QED) is 0.399. The third kappa shape index (κ3) is 7.99. The van der Waals surface area contributed by atoms with Crippen LogP contribution in [0.15, 0.2) is 29.2 Å². The van der Waals surface area contributed by atoms with Crippen molar-refractivity contribution < 1.29 is 42.9 Å². The van der Waals surface area contributed by atoms with Gasteiger partial charge in [-0.3, -0.25) is 19.2 Å². The fraction of sp³-hybridized carbons (Fsp3) is 0.524. The molecule has 1 aromatic carbocycles. The molecule has 1 heterocycles. The molecule has 1 aromatic rings. The third-order valence-corrected chi connectivity index (χ3v) is 5.81. The summed E-state index contributed by atoms with van der Waals surface area (Å²) in [7, 11) is 0. The van der Waals surface area contributed by atoms with Crippen molar-refractivity contribution in [2.75, 3.05) is 13.2 Å². The maximum atomic E-state index is 11.9. The van der Waals surface area contributed by atoms with Gasteiger partial charge in [0.15, 0.2) is 12.2 Å². The number of carbonyl (C=O) groups excluding carboxylic acids is 4. The van der Waals surface area contributed by atoms with Crippen LogP contribution in [0.4, 0.5) is 0 Å². The van der Waals surface area contributed by atoms with Gasteiger partial charge in [0.2, 0.25) is 0 Å². The molecule has 0 saturated carbocycles. The summed E-state index contributed by atoms with van der Waals surface area (Å²) in [5, 5.41) is 0.544. The Balaban J connectivity index is 2.41.